The molecule has 1 heterocycles. The molecule has 1 fully saturated rings. The van der Waals surface area contributed by atoms with Gasteiger partial charge in [0.25, 0.3) is 0 Å². The van der Waals surface area contributed by atoms with Gasteiger partial charge in [0.15, 0.2) is 0 Å². The number of amides is 4. The van der Waals surface area contributed by atoms with Crippen molar-refractivity contribution in [1.29, 1.82) is 0 Å². The van der Waals surface area contributed by atoms with Crippen molar-refractivity contribution >= 4 is 23.6 Å². The van der Waals surface area contributed by atoms with E-state index in [0.717, 1.165) is 22.3 Å². The molecule has 8 heteroatoms. The van der Waals surface area contributed by atoms with Gasteiger partial charge in [0.1, 0.15) is 0 Å². The second-order valence-corrected chi connectivity index (χ2v) is 14.1. The molecule has 54 heavy (non-hydrogen) atoms. The fraction of sp³-hybridized carbons (Fsp3) is 0.304. The van der Waals surface area contributed by atoms with E-state index in [4.69, 9.17) is 0 Å². The minimum Gasteiger partial charge on any atom is -0.352 e. The predicted octanol–water partition coefficient (Wildman–Crippen LogP) is 6.27. The first-order valence-electron chi connectivity index (χ1n) is 18.9. The Morgan fingerprint density at radius 2 is 0.759 bits per heavy atom. The van der Waals surface area contributed by atoms with Gasteiger partial charge < -0.3 is 20.4 Å². The van der Waals surface area contributed by atoms with Crippen LogP contribution in [0.5, 0.6) is 0 Å². The molecule has 0 aromatic heterocycles. The summed E-state index contributed by atoms with van der Waals surface area (Å²) < 4.78 is 0. The summed E-state index contributed by atoms with van der Waals surface area (Å²) in [5, 5.41) is 6.39. The van der Waals surface area contributed by atoms with Gasteiger partial charge in [-0.1, -0.05) is 133 Å². The first-order valence-corrected chi connectivity index (χ1v) is 18.9. The smallest absolute Gasteiger partial charge is 0.225 e. The standard InChI is InChI=1S/C46H52N4O4/c1-3-25-49-41(29-37-21-13-7-14-22-37)33-43(51)48-40(28-36-19-11-6-12-20-36)32-46(54)50(26-4-2)42(30-38-23-15-8-16-24-38)34-44(52)47-39(31-45(49)53)27-35-17-9-5-10-18-35/h3-24,39-42H,1-2,25-34H2,(H,47,52)(H,48,51)/t39-,40?,41-,42-/m0/s1. The van der Waals surface area contributed by atoms with Gasteiger partial charge in [0.05, 0.1) is 0 Å². The molecule has 0 radical (unpaired) electrons. The largest absolute Gasteiger partial charge is 0.352 e. The molecule has 1 unspecified atom stereocenters. The number of nitrogens with one attached hydrogen (secondary N) is 2. The van der Waals surface area contributed by atoms with E-state index in [9.17, 15) is 19.2 Å². The van der Waals surface area contributed by atoms with Crippen LogP contribution in [0, 0.1) is 0 Å². The summed E-state index contributed by atoms with van der Waals surface area (Å²) in [5.41, 5.74) is 3.94. The van der Waals surface area contributed by atoms with Gasteiger partial charge in [0.2, 0.25) is 23.6 Å². The molecule has 0 aliphatic carbocycles. The Bertz CT molecular complexity index is 1680. The highest BCUT2D eigenvalue weighted by Crippen LogP contribution is 2.20. The second-order valence-electron chi connectivity index (χ2n) is 14.1. The van der Waals surface area contributed by atoms with Crippen LogP contribution < -0.4 is 10.6 Å². The lowest BCUT2D eigenvalue weighted by atomic mass is 9.96. The fourth-order valence-electron chi connectivity index (χ4n) is 7.35. The molecular weight excluding hydrogens is 673 g/mol. The van der Waals surface area contributed by atoms with E-state index in [2.05, 4.69) is 23.8 Å². The van der Waals surface area contributed by atoms with Crippen molar-refractivity contribution in [3.05, 3.63) is 169 Å². The van der Waals surface area contributed by atoms with Crippen LogP contribution in [0.2, 0.25) is 0 Å². The molecule has 1 aliphatic rings. The molecule has 4 aromatic rings. The molecule has 5 rings (SSSR count). The van der Waals surface area contributed by atoms with Crippen LogP contribution in [0.4, 0.5) is 0 Å². The summed E-state index contributed by atoms with van der Waals surface area (Å²) in [4.78, 5) is 60.6. The highest BCUT2D eigenvalue weighted by molar-refractivity contribution is 5.84. The summed E-state index contributed by atoms with van der Waals surface area (Å²) in [6.07, 6.45) is 5.21. The van der Waals surface area contributed by atoms with Gasteiger partial charge >= 0.3 is 0 Å². The molecule has 1 saturated heterocycles. The lowest BCUT2D eigenvalue weighted by Crippen LogP contribution is -2.51. The van der Waals surface area contributed by atoms with Crippen molar-refractivity contribution in [3.8, 4) is 0 Å². The van der Waals surface area contributed by atoms with E-state index in [0.29, 0.717) is 25.7 Å². The van der Waals surface area contributed by atoms with Gasteiger partial charge in [-0.3, -0.25) is 19.2 Å². The van der Waals surface area contributed by atoms with Crippen LogP contribution in [0.1, 0.15) is 47.9 Å². The van der Waals surface area contributed by atoms with Gasteiger partial charge in [0, 0.05) is 62.9 Å². The van der Waals surface area contributed by atoms with Gasteiger partial charge in [-0.25, -0.2) is 0 Å². The molecule has 4 aromatic carbocycles. The number of nitrogens with zero attached hydrogens (tertiary/aromatic N) is 2. The minimum absolute atomic E-state index is 0.0245. The predicted molar refractivity (Wildman–Crippen MR) is 214 cm³/mol. The SMILES string of the molecule is C=CCN1C(=O)C[C@H](Cc2ccccc2)NC(=O)C[C@H](Cc2ccccc2)N(CC=C)C(=O)CC(Cc2ccccc2)NC(=O)C[C@@H]1Cc1ccccc1. The Labute approximate surface area is 320 Å². The topological polar surface area (TPSA) is 98.8 Å². The third-order valence-electron chi connectivity index (χ3n) is 9.87. The first-order chi connectivity index (χ1) is 26.3. The van der Waals surface area contributed by atoms with Crippen molar-refractivity contribution in [2.45, 2.75) is 75.5 Å². The van der Waals surface area contributed by atoms with E-state index in [1.165, 1.54) is 0 Å². The molecule has 4 amide bonds. The van der Waals surface area contributed by atoms with E-state index < -0.39 is 24.2 Å². The monoisotopic (exact) mass is 724 g/mol. The summed E-state index contributed by atoms with van der Waals surface area (Å²) in [6, 6.07) is 37.1. The number of carbonyl (C=O) groups is 4. The maximum absolute atomic E-state index is 14.4. The van der Waals surface area contributed by atoms with Crippen LogP contribution in [-0.2, 0) is 44.9 Å². The van der Waals surface area contributed by atoms with E-state index in [-0.39, 0.29) is 62.4 Å². The maximum atomic E-state index is 14.4. The normalized spacial score (nSPS) is 20.5. The number of hydrogen-bond acceptors (Lipinski definition) is 4. The molecule has 280 valence electrons. The molecule has 8 nitrogen and oxygen atoms in total. The summed E-state index contributed by atoms with van der Waals surface area (Å²) >= 11 is 0. The molecule has 4 atom stereocenters. The third kappa shape index (κ3) is 12.2. The van der Waals surface area contributed by atoms with Gasteiger partial charge in [-0.05, 0) is 47.9 Å². The van der Waals surface area contributed by atoms with Crippen LogP contribution in [0.15, 0.2) is 147 Å². The Morgan fingerprint density at radius 1 is 0.463 bits per heavy atom. The Hall–Kier alpha value is -5.76. The highest BCUT2D eigenvalue weighted by Gasteiger charge is 2.32. The third-order valence-corrected chi connectivity index (χ3v) is 9.87. The second kappa shape index (κ2) is 20.5. The van der Waals surface area contributed by atoms with Crippen molar-refractivity contribution in [3.63, 3.8) is 0 Å². The van der Waals surface area contributed by atoms with Crippen LogP contribution in [0.3, 0.4) is 0 Å². The van der Waals surface area contributed by atoms with E-state index >= 15 is 0 Å². The lowest BCUT2D eigenvalue weighted by Gasteiger charge is -2.35. The maximum Gasteiger partial charge on any atom is 0.225 e. The number of benzene rings is 4. The lowest BCUT2D eigenvalue weighted by molar-refractivity contribution is -0.135. The van der Waals surface area contributed by atoms with Crippen molar-refractivity contribution < 1.29 is 19.2 Å². The molecule has 0 bridgehead atoms. The van der Waals surface area contributed by atoms with Crippen LogP contribution in [-0.4, -0.2) is 70.7 Å². The Balaban J connectivity index is 1.55. The summed E-state index contributed by atoms with van der Waals surface area (Å²) in [7, 11) is 0. The highest BCUT2D eigenvalue weighted by atomic mass is 16.2. The van der Waals surface area contributed by atoms with Crippen molar-refractivity contribution in [1.82, 2.24) is 20.4 Å². The summed E-state index contributed by atoms with van der Waals surface area (Å²) in [5.74, 6) is -0.850. The zero-order valence-electron chi connectivity index (χ0n) is 31.0. The average molecular weight is 725 g/mol. The van der Waals surface area contributed by atoms with E-state index in [1.54, 1.807) is 22.0 Å². The van der Waals surface area contributed by atoms with Crippen LogP contribution >= 0.6 is 0 Å². The zero-order chi connectivity index (χ0) is 38.1. The fourth-order valence-corrected chi connectivity index (χ4v) is 7.35. The number of rotatable bonds is 12. The van der Waals surface area contributed by atoms with Gasteiger partial charge in [-0.2, -0.15) is 0 Å². The Kier molecular flexibility index (Phi) is 15.0. The quantitative estimate of drug-likeness (QED) is 0.169. The average Bonchev–Trinajstić information content (AvgIpc) is 3.16. The van der Waals surface area contributed by atoms with Crippen molar-refractivity contribution in [2.24, 2.45) is 0 Å². The molecule has 1 aliphatic heterocycles. The number of hydrogen-bond donors (Lipinski definition) is 2. The van der Waals surface area contributed by atoms with Crippen molar-refractivity contribution in [2.75, 3.05) is 13.1 Å². The molecular formula is C46H52N4O4. The van der Waals surface area contributed by atoms with Gasteiger partial charge in [-0.15, -0.1) is 13.2 Å². The number of carbonyl (C=O) groups excluding carboxylic acids is 4. The molecule has 0 spiro atoms. The first kappa shape index (κ1) is 39.4. The zero-order valence-corrected chi connectivity index (χ0v) is 31.0. The minimum atomic E-state index is -0.532. The summed E-state index contributed by atoms with van der Waals surface area (Å²) in [6.45, 7) is 8.36. The Morgan fingerprint density at radius 3 is 1.06 bits per heavy atom. The molecule has 0 saturated carbocycles. The van der Waals surface area contributed by atoms with E-state index in [1.807, 2.05) is 121 Å². The van der Waals surface area contributed by atoms with Crippen LogP contribution in [0.25, 0.3) is 0 Å². The molecule has 2 N–H and O–H groups in total.